The van der Waals surface area contributed by atoms with Crippen molar-refractivity contribution in [2.24, 2.45) is 10.4 Å². The summed E-state index contributed by atoms with van der Waals surface area (Å²) < 4.78 is 0. The summed E-state index contributed by atoms with van der Waals surface area (Å²) in [5.74, 6) is 0. The van der Waals surface area contributed by atoms with Gasteiger partial charge in [-0.15, -0.1) is 0 Å². The van der Waals surface area contributed by atoms with Crippen LogP contribution >= 0.6 is 0 Å². The third-order valence-electron chi connectivity index (χ3n) is 1.42. The maximum Gasteiger partial charge on any atom is 0.0451 e. The van der Waals surface area contributed by atoms with Crippen molar-refractivity contribution < 1.29 is 0 Å². The van der Waals surface area contributed by atoms with Gasteiger partial charge in [-0.3, -0.25) is 4.99 Å². The topological polar surface area (TPSA) is 24.4 Å². The summed E-state index contributed by atoms with van der Waals surface area (Å²) in [5, 5.41) is 2.88. The maximum atomic E-state index is 4.26. The van der Waals surface area contributed by atoms with Gasteiger partial charge in [0.2, 0.25) is 0 Å². The number of rotatable bonds is 3. The molecule has 0 atom stereocenters. The molecule has 0 aliphatic rings. The van der Waals surface area contributed by atoms with E-state index < -0.39 is 0 Å². The number of nitrogens with one attached hydrogen (secondary N) is 1. The van der Waals surface area contributed by atoms with Crippen molar-refractivity contribution in [3.05, 3.63) is 25.1 Å². The highest BCUT2D eigenvalue weighted by molar-refractivity contribution is 5.98. The Hall–Kier alpha value is -1.05. The monoisotopic (exact) mass is 166 g/mol. The van der Waals surface area contributed by atoms with Crippen LogP contribution in [0.2, 0.25) is 0 Å². The smallest absolute Gasteiger partial charge is 0.0451 e. The summed E-state index contributed by atoms with van der Waals surface area (Å²) in [6.45, 7) is 10.1. The van der Waals surface area contributed by atoms with Gasteiger partial charge >= 0.3 is 0 Å². The zero-order valence-corrected chi connectivity index (χ0v) is 8.39. The van der Waals surface area contributed by atoms with Crippen LogP contribution in [0.1, 0.15) is 20.8 Å². The minimum Gasteiger partial charge on any atom is -0.393 e. The predicted molar refractivity (Wildman–Crippen MR) is 55.3 cm³/mol. The van der Waals surface area contributed by atoms with Crippen LogP contribution in [0, 0.1) is 5.41 Å². The molecule has 0 aromatic heterocycles. The maximum absolute atomic E-state index is 4.26. The van der Waals surface area contributed by atoms with Crippen LogP contribution in [0.25, 0.3) is 0 Å². The summed E-state index contributed by atoms with van der Waals surface area (Å²) in [4.78, 5) is 4.26. The van der Waals surface area contributed by atoms with E-state index >= 15 is 0 Å². The minimum atomic E-state index is 0.0693. The Morgan fingerprint density at radius 3 is 2.33 bits per heavy atom. The standard InChI is InChI=1S/C10H18N2/c1-6-9(10(2,3)4)12-8-7-11-5/h6-8,11H,1H2,2-5H3/b8-7-,12-9?. The van der Waals surface area contributed by atoms with Gasteiger partial charge in [-0.05, 0) is 6.08 Å². The minimum absolute atomic E-state index is 0.0693. The first-order valence-electron chi connectivity index (χ1n) is 4.05. The van der Waals surface area contributed by atoms with Crippen molar-refractivity contribution >= 4 is 5.71 Å². The molecule has 12 heavy (non-hydrogen) atoms. The van der Waals surface area contributed by atoms with E-state index in [9.17, 15) is 0 Å². The highest BCUT2D eigenvalue weighted by Gasteiger charge is 2.14. The van der Waals surface area contributed by atoms with E-state index in [-0.39, 0.29) is 5.41 Å². The normalized spacial score (nSPS) is 13.5. The van der Waals surface area contributed by atoms with E-state index in [0.717, 1.165) is 5.71 Å². The molecular formula is C10H18N2. The van der Waals surface area contributed by atoms with Crippen molar-refractivity contribution in [1.82, 2.24) is 5.32 Å². The first-order chi connectivity index (χ1) is 5.52. The number of nitrogens with zero attached hydrogens (tertiary/aromatic N) is 1. The molecular weight excluding hydrogens is 148 g/mol. The van der Waals surface area contributed by atoms with Crippen LogP contribution in [0.4, 0.5) is 0 Å². The zero-order chi connectivity index (χ0) is 9.61. The molecule has 1 N–H and O–H groups in total. The molecule has 0 aliphatic heterocycles. The molecule has 0 bridgehead atoms. The highest BCUT2D eigenvalue weighted by Crippen LogP contribution is 2.16. The second-order valence-corrected chi connectivity index (χ2v) is 3.57. The zero-order valence-electron chi connectivity index (χ0n) is 8.39. The summed E-state index contributed by atoms with van der Waals surface area (Å²) in [5.41, 5.74) is 1.06. The molecule has 2 nitrogen and oxygen atoms in total. The summed E-state index contributed by atoms with van der Waals surface area (Å²) in [6, 6.07) is 0. The average Bonchev–Trinajstić information content (AvgIpc) is 1.95. The van der Waals surface area contributed by atoms with Crippen molar-refractivity contribution in [3.8, 4) is 0 Å². The van der Waals surface area contributed by atoms with Crippen LogP contribution < -0.4 is 5.32 Å². The van der Waals surface area contributed by atoms with Crippen LogP contribution in [-0.2, 0) is 0 Å². The largest absolute Gasteiger partial charge is 0.393 e. The van der Waals surface area contributed by atoms with Crippen molar-refractivity contribution in [1.29, 1.82) is 0 Å². The summed E-state index contributed by atoms with van der Waals surface area (Å²) in [7, 11) is 1.84. The quantitative estimate of drug-likeness (QED) is 0.639. The van der Waals surface area contributed by atoms with Gasteiger partial charge in [0.15, 0.2) is 0 Å². The first-order valence-corrected chi connectivity index (χ1v) is 4.05. The van der Waals surface area contributed by atoms with E-state index in [1.54, 1.807) is 18.5 Å². The molecule has 0 radical (unpaired) electrons. The van der Waals surface area contributed by atoms with E-state index in [0.29, 0.717) is 0 Å². The fourth-order valence-electron chi connectivity index (χ4n) is 0.745. The number of allylic oxidation sites excluding steroid dienone is 1. The van der Waals surface area contributed by atoms with E-state index in [1.807, 2.05) is 7.05 Å². The van der Waals surface area contributed by atoms with Crippen LogP contribution in [0.5, 0.6) is 0 Å². The molecule has 0 heterocycles. The van der Waals surface area contributed by atoms with Gasteiger partial charge < -0.3 is 5.32 Å². The number of hydrogen-bond donors (Lipinski definition) is 1. The fourth-order valence-corrected chi connectivity index (χ4v) is 0.745. The van der Waals surface area contributed by atoms with Gasteiger partial charge in [-0.1, -0.05) is 27.4 Å². The molecule has 0 aromatic rings. The third-order valence-corrected chi connectivity index (χ3v) is 1.42. The molecule has 0 spiro atoms. The molecule has 0 amide bonds. The fraction of sp³-hybridized carbons (Fsp3) is 0.500. The Morgan fingerprint density at radius 2 is 2.00 bits per heavy atom. The lowest BCUT2D eigenvalue weighted by Gasteiger charge is -2.17. The second-order valence-electron chi connectivity index (χ2n) is 3.57. The Balaban J connectivity index is 4.45. The lowest BCUT2D eigenvalue weighted by atomic mass is 9.90. The average molecular weight is 166 g/mol. The van der Waals surface area contributed by atoms with Crippen molar-refractivity contribution in [3.63, 3.8) is 0 Å². The molecule has 2 heteroatoms. The van der Waals surface area contributed by atoms with Crippen LogP contribution in [-0.4, -0.2) is 12.8 Å². The second kappa shape index (κ2) is 4.75. The molecule has 0 aromatic carbocycles. The van der Waals surface area contributed by atoms with Gasteiger partial charge in [0, 0.05) is 30.6 Å². The van der Waals surface area contributed by atoms with E-state index in [4.69, 9.17) is 0 Å². The Bertz CT molecular complexity index is 194. The Morgan fingerprint density at radius 1 is 1.42 bits per heavy atom. The molecule has 68 valence electrons. The van der Waals surface area contributed by atoms with E-state index in [1.165, 1.54) is 0 Å². The van der Waals surface area contributed by atoms with Crippen molar-refractivity contribution in [2.45, 2.75) is 20.8 Å². The number of hydrogen-bond acceptors (Lipinski definition) is 2. The predicted octanol–water partition coefficient (Wildman–Crippen LogP) is 2.35. The van der Waals surface area contributed by atoms with Crippen molar-refractivity contribution in [2.75, 3.05) is 7.05 Å². The molecule has 0 aliphatic carbocycles. The van der Waals surface area contributed by atoms with E-state index in [2.05, 4.69) is 37.7 Å². The Kier molecular flexibility index (Phi) is 4.34. The van der Waals surface area contributed by atoms with Gasteiger partial charge in [0.25, 0.3) is 0 Å². The summed E-state index contributed by atoms with van der Waals surface area (Å²) >= 11 is 0. The molecule has 0 saturated carbocycles. The van der Waals surface area contributed by atoms with Gasteiger partial charge in [0.05, 0.1) is 0 Å². The first kappa shape index (κ1) is 11.0. The van der Waals surface area contributed by atoms with Crippen LogP contribution in [0.3, 0.4) is 0 Å². The van der Waals surface area contributed by atoms with Gasteiger partial charge in [-0.2, -0.15) is 0 Å². The van der Waals surface area contributed by atoms with Gasteiger partial charge in [0.1, 0.15) is 0 Å². The third kappa shape index (κ3) is 3.96. The lowest BCUT2D eigenvalue weighted by Crippen LogP contribution is -2.17. The van der Waals surface area contributed by atoms with Gasteiger partial charge in [-0.25, -0.2) is 0 Å². The molecule has 0 unspecified atom stereocenters. The highest BCUT2D eigenvalue weighted by atomic mass is 14.8. The molecule has 0 rings (SSSR count). The SMILES string of the molecule is C=CC(=N/C=C\NC)C(C)(C)C. The summed E-state index contributed by atoms with van der Waals surface area (Å²) in [6.07, 6.45) is 5.32. The lowest BCUT2D eigenvalue weighted by molar-refractivity contribution is 0.594. The molecule has 0 fully saturated rings. The Labute approximate surface area is 75.1 Å². The molecule has 0 saturated heterocycles. The number of aliphatic imine (C=N–C) groups is 1. The van der Waals surface area contributed by atoms with Crippen LogP contribution in [0.15, 0.2) is 30.0 Å².